The summed E-state index contributed by atoms with van der Waals surface area (Å²) in [7, 11) is 0. The van der Waals surface area contributed by atoms with Gasteiger partial charge in [-0.1, -0.05) is 48.2 Å². The van der Waals surface area contributed by atoms with Gasteiger partial charge in [0.2, 0.25) is 0 Å². The van der Waals surface area contributed by atoms with Gasteiger partial charge >= 0.3 is 0 Å². The van der Waals surface area contributed by atoms with Gasteiger partial charge in [-0.2, -0.15) is 0 Å². The minimum atomic E-state index is 0.246. The van der Waals surface area contributed by atoms with E-state index in [0.717, 1.165) is 22.5 Å². The molecular weight excluding hydrogens is 344 g/mol. The zero-order valence-electron chi connectivity index (χ0n) is 14.2. The Morgan fingerprint density at radius 1 is 0.692 bits per heavy atom. The van der Waals surface area contributed by atoms with Gasteiger partial charge in [0.25, 0.3) is 0 Å². The third kappa shape index (κ3) is 4.97. The number of thioether (sulfide) groups is 1. The first kappa shape index (κ1) is 17.8. The van der Waals surface area contributed by atoms with E-state index in [4.69, 9.17) is 0 Å². The first-order valence-electron chi connectivity index (χ1n) is 8.00. The van der Waals surface area contributed by atoms with Crippen molar-refractivity contribution in [2.45, 2.75) is 5.16 Å². The lowest BCUT2D eigenvalue weighted by Gasteiger charge is -2.01. The Morgan fingerprint density at radius 3 is 1.50 bits per heavy atom. The third-order valence-electron chi connectivity index (χ3n) is 3.61. The summed E-state index contributed by atoms with van der Waals surface area (Å²) in [6, 6.07) is 15.9. The molecule has 0 atom stereocenters. The molecule has 0 spiro atoms. The molecule has 0 fully saturated rings. The summed E-state index contributed by atoms with van der Waals surface area (Å²) < 4.78 is 0. The summed E-state index contributed by atoms with van der Waals surface area (Å²) in [6.07, 6.45) is 9.67. The molecule has 0 aliphatic heterocycles. The van der Waals surface area contributed by atoms with Crippen molar-refractivity contribution < 1.29 is 10.2 Å². The molecule has 2 N–H and O–H groups in total. The highest BCUT2D eigenvalue weighted by atomic mass is 32.2. The molecule has 5 heteroatoms. The number of rotatable bonds is 5. The van der Waals surface area contributed by atoms with Crippen LogP contribution in [-0.2, 0) is 0 Å². The second kappa shape index (κ2) is 8.36. The highest BCUT2D eigenvalue weighted by Gasteiger charge is 2.00. The predicted molar refractivity (Wildman–Crippen MR) is 108 cm³/mol. The van der Waals surface area contributed by atoms with Crippen molar-refractivity contribution in [1.29, 1.82) is 0 Å². The summed E-state index contributed by atoms with van der Waals surface area (Å²) in [6.45, 7) is 0. The molecule has 1 aromatic heterocycles. The van der Waals surface area contributed by atoms with Gasteiger partial charge in [-0.3, -0.25) is 0 Å². The average Bonchev–Trinajstić information content (AvgIpc) is 2.67. The van der Waals surface area contributed by atoms with Crippen molar-refractivity contribution in [2.24, 2.45) is 0 Å². The van der Waals surface area contributed by atoms with Gasteiger partial charge in [0.05, 0.1) is 11.4 Å². The number of phenols is 2. The van der Waals surface area contributed by atoms with E-state index in [1.54, 1.807) is 24.3 Å². The quantitative estimate of drug-likeness (QED) is 0.496. The van der Waals surface area contributed by atoms with Crippen molar-refractivity contribution in [1.82, 2.24) is 9.97 Å². The molecule has 0 unspecified atom stereocenters. The summed E-state index contributed by atoms with van der Waals surface area (Å²) in [5.74, 6) is 0.492. The van der Waals surface area contributed by atoms with Crippen LogP contribution >= 0.6 is 11.8 Å². The maximum absolute atomic E-state index is 9.35. The van der Waals surface area contributed by atoms with E-state index in [1.165, 1.54) is 11.8 Å². The first-order chi connectivity index (χ1) is 12.6. The van der Waals surface area contributed by atoms with Crippen LogP contribution in [0.2, 0.25) is 0 Å². The van der Waals surface area contributed by atoms with Gasteiger partial charge in [-0.15, -0.1) is 0 Å². The van der Waals surface area contributed by atoms with Crippen LogP contribution in [0.1, 0.15) is 22.5 Å². The van der Waals surface area contributed by atoms with E-state index in [9.17, 15) is 10.2 Å². The second-order valence-corrected chi connectivity index (χ2v) is 6.33. The number of phenolic OH excluding ortho intramolecular Hbond substituents is 2. The van der Waals surface area contributed by atoms with E-state index in [0.29, 0.717) is 5.16 Å². The fourth-order valence-electron chi connectivity index (χ4n) is 2.26. The zero-order valence-corrected chi connectivity index (χ0v) is 15.0. The second-order valence-electron chi connectivity index (χ2n) is 5.55. The van der Waals surface area contributed by atoms with Crippen LogP contribution in [-0.4, -0.2) is 26.4 Å². The van der Waals surface area contributed by atoms with Gasteiger partial charge in [-0.05, 0) is 59.9 Å². The van der Waals surface area contributed by atoms with E-state index in [1.807, 2.05) is 60.9 Å². The lowest BCUT2D eigenvalue weighted by atomic mass is 10.1. The Kier molecular flexibility index (Phi) is 5.71. The van der Waals surface area contributed by atoms with Gasteiger partial charge in [-0.25, -0.2) is 9.97 Å². The lowest BCUT2D eigenvalue weighted by Crippen LogP contribution is -1.92. The number of aromatic hydroxyl groups is 2. The van der Waals surface area contributed by atoms with Crippen LogP contribution in [0.4, 0.5) is 0 Å². The van der Waals surface area contributed by atoms with E-state index in [-0.39, 0.29) is 11.5 Å². The Hall–Kier alpha value is -3.05. The highest BCUT2D eigenvalue weighted by Crippen LogP contribution is 2.17. The lowest BCUT2D eigenvalue weighted by molar-refractivity contribution is 0.474. The molecule has 0 saturated carbocycles. The number of nitrogens with zero attached hydrogens (tertiary/aromatic N) is 2. The van der Waals surface area contributed by atoms with Gasteiger partial charge in [0.15, 0.2) is 5.16 Å². The molecule has 0 aliphatic rings. The van der Waals surface area contributed by atoms with E-state index < -0.39 is 0 Å². The Morgan fingerprint density at radius 2 is 1.12 bits per heavy atom. The Bertz CT molecular complexity index is 859. The Balaban J connectivity index is 1.83. The van der Waals surface area contributed by atoms with Crippen LogP contribution < -0.4 is 0 Å². The SMILES string of the molecule is CSc1nc(C=Cc2ccc(O)cc2)cc(C=Cc2ccc(O)cc2)n1. The fourth-order valence-corrected chi connectivity index (χ4v) is 2.65. The summed E-state index contributed by atoms with van der Waals surface area (Å²) in [5, 5.41) is 19.4. The maximum atomic E-state index is 9.35. The topological polar surface area (TPSA) is 66.2 Å². The maximum Gasteiger partial charge on any atom is 0.188 e. The molecule has 0 amide bonds. The van der Waals surface area contributed by atoms with Crippen LogP contribution in [0.5, 0.6) is 11.5 Å². The predicted octanol–water partition coefficient (Wildman–Crippen LogP) is 4.95. The number of benzene rings is 2. The monoisotopic (exact) mass is 362 g/mol. The van der Waals surface area contributed by atoms with Gasteiger partial charge in [0.1, 0.15) is 11.5 Å². The molecule has 4 nitrogen and oxygen atoms in total. The van der Waals surface area contributed by atoms with Crippen LogP contribution in [0.25, 0.3) is 24.3 Å². The van der Waals surface area contributed by atoms with E-state index >= 15 is 0 Å². The van der Waals surface area contributed by atoms with Gasteiger partial charge in [0, 0.05) is 0 Å². The molecule has 1 heterocycles. The third-order valence-corrected chi connectivity index (χ3v) is 4.15. The van der Waals surface area contributed by atoms with Crippen molar-refractivity contribution in [3.8, 4) is 11.5 Å². The van der Waals surface area contributed by atoms with Crippen molar-refractivity contribution in [3.63, 3.8) is 0 Å². The molecule has 26 heavy (non-hydrogen) atoms. The average molecular weight is 362 g/mol. The Labute approximate surface area is 156 Å². The number of aromatic nitrogens is 2. The summed E-state index contributed by atoms with van der Waals surface area (Å²) in [4.78, 5) is 9.00. The minimum Gasteiger partial charge on any atom is -0.508 e. The fraction of sp³-hybridized carbons (Fsp3) is 0.0476. The molecule has 0 bridgehead atoms. The van der Waals surface area contributed by atoms with Crippen molar-refractivity contribution >= 4 is 36.1 Å². The molecule has 0 aliphatic carbocycles. The minimum absolute atomic E-state index is 0.246. The molecular formula is C21H18N2O2S. The smallest absolute Gasteiger partial charge is 0.188 e. The molecule has 0 radical (unpaired) electrons. The summed E-state index contributed by atoms with van der Waals surface area (Å²) in [5.41, 5.74) is 3.58. The molecule has 2 aromatic carbocycles. The number of hydrogen-bond acceptors (Lipinski definition) is 5. The van der Waals surface area contributed by atoms with Gasteiger partial charge < -0.3 is 10.2 Å². The van der Waals surface area contributed by atoms with Crippen LogP contribution in [0.3, 0.4) is 0 Å². The van der Waals surface area contributed by atoms with Crippen molar-refractivity contribution in [3.05, 3.63) is 77.1 Å². The van der Waals surface area contributed by atoms with Crippen LogP contribution in [0, 0.1) is 0 Å². The number of hydrogen-bond donors (Lipinski definition) is 2. The molecule has 3 aromatic rings. The highest BCUT2D eigenvalue weighted by molar-refractivity contribution is 7.98. The molecule has 3 rings (SSSR count). The standard InChI is InChI=1S/C21H18N2O2S/c1-26-21-22-17(8-2-15-4-10-19(24)11-5-15)14-18(23-21)9-3-16-6-12-20(25)13-7-16/h2-14,24-25H,1H3. The first-order valence-corrected chi connectivity index (χ1v) is 9.22. The van der Waals surface area contributed by atoms with Crippen molar-refractivity contribution in [2.75, 3.05) is 6.26 Å². The van der Waals surface area contributed by atoms with Crippen LogP contribution in [0.15, 0.2) is 59.8 Å². The summed E-state index contributed by atoms with van der Waals surface area (Å²) >= 11 is 1.49. The largest absolute Gasteiger partial charge is 0.508 e. The molecule has 130 valence electrons. The molecule has 0 saturated heterocycles. The van der Waals surface area contributed by atoms with E-state index in [2.05, 4.69) is 9.97 Å². The zero-order chi connectivity index (χ0) is 18.4. The normalized spacial score (nSPS) is 11.4.